The predicted molar refractivity (Wildman–Crippen MR) is 165 cm³/mol. The van der Waals surface area contributed by atoms with Gasteiger partial charge in [-0.3, -0.25) is 4.79 Å². The van der Waals surface area contributed by atoms with Gasteiger partial charge in [0.25, 0.3) is 0 Å². The number of hydrogen-bond acceptors (Lipinski definition) is 5. The molecule has 8 nitrogen and oxygen atoms in total. The fraction of sp³-hybridized carbons (Fsp3) is 0.531. The molecule has 2 aromatic rings. The highest BCUT2D eigenvalue weighted by atomic mass is 16.5. The maximum atomic E-state index is 12.0. The van der Waals surface area contributed by atoms with E-state index < -0.39 is 6.03 Å². The molecule has 3 rings (SSSR count). The first-order valence-electron chi connectivity index (χ1n) is 13.7. The summed E-state index contributed by atoms with van der Waals surface area (Å²) in [4.78, 5) is 35.3. The second-order valence-electron chi connectivity index (χ2n) is 11.0. The van der Waals surface area contributed by atoms with E-state index in [4.69, 9.17) is 15.6 Å². The molecular formula is C32H53N3O5. The van der Waals surface area contributed by atoms with E-state index in [0.717, 1.165) is 20.0 Å². The lowest BCUT2D eigenvalue weighted by Gasteiger charge is -2.26. The van der Waals surface area contributed by atoms with Crippen molar-refractivity contribution < 1.29 is 24.2 Å². The lowest BCUT2D eigenvalue weighted by atomic mass is 9.91. The Morgan fingerprint density at radius 2 is 1.32 bits per heavy atom. The van der Waals surface area contributed by atoms with Crippen molar-refractivity contribution in [1.29, 1.82) is 0 Å². The number of likely N-dealkylation sites (tertiary alicyclic amines) is 1. The van der Waals surface area contributed by atoms with Crippen molar-refractivity contribution in [3.63, 3.8) is 0 Å². The lowest BCUT2D eigenvalue weighted by Crippen LogP contribution is -2.43. The van der Waals surface area contributed by atoms with E-state index >= 15 is 0 Å². The average Bonchev–Trinajstić information content (AvgIpc) is 3.40. The third-order valence-corrected chi connectivity index (χ3v) is 5.11. The Hall–Kier alpha value is -3.39. The summed E-state index contributed by atoms with van der Waals surface area (Å²) in [5.41, 5.74) is 7.14. The van der Waals surface area contributed by atoms with Crippen molar-refractivity contribution in [2.45, 2.75) is 86.2 Å². The van der Waals surface area contributed by atoms with Crippen molar-refractivity contribution in [1.82, 2.24) is 10.2 Å². The zero-order chi connectivity index (χ0) is 31.4. The number of carbonyl (C=O) groups excluding carboxylic acids is 3. The zero-order valence-electron chi connectivity index (χ0n) is 26.3. The van der Waals surface area contributed by atoms with Crippen LogP contribution in [0.3, 0.4) is 0 Å². The van der Waals surface area contributed by atoms with Gasteiger partial charge in [0.05, 0.1) is 7.11 Å². The summed E-state index contributed by atoms with van der Waals surface area (Å²) in [6.45, 7) is 16.4. The maximum absolute atomic E-state index is 12.0. The van der Waals surface area contributed by atoms with Crippen LogP contribution in [0.2, 0.25) is 0 Å². The molecule has 226 valence electrons. The van der Waals surface area contributed by atoms with Gasteiger partial charge in [-0.05, 0) is 50.2 Å². The Morgan fingerprint density at radius 3 is 1.62 bits per heavy atom. The van der Waals surface area contributed by atoms with Gasteiger partial charge < -0.3 is 25.8 Å². The van der Waals surface area contributed by atoms with Crippen LogP contribution in [0.4, 0.5) is 4.79 Å². The summed E-state index contributed by atoms with van der Waals surface area (Å²) in [6, 6.07) is 19.9. The first-order valence-corrected chi connectivity index (χ1v) is 13.7. The number of primary amides is 1. The molecular weight excluding hydrogens is 506 g/mol. The standard InChI is InChI=1S/C12H21NO3.C12H10.C5H12N2O.C2H6.CH4O/c1-12(2,3)8-10(14)13-7-5-6-9(13)11(15)16-4;1-3-7-11(8-4-1)12-9-5-2-6-10-12;1-5(2,3)7-4(6)8;2*1-2/h9H,5-8H2,1-4H3;1-10H;1-3H3,(H3,6,7,8);1-2H3;2H,1H3/t9-;;;;/m0..../s1. The third kappa shape index (κ3) is 18.0. The van der Waals surface area contributed by atoms with E-state index in [9.17, 15) is 14.4 Å². The first kappa shape index (κ1) is 38.8. The molecule has 1 heterocycles. The van der Waals surface area contributed by atoms with Crippen LogP contribution in [0.15, 0.2) is 60.7 Å². The minimum absolute atomic E-state index is 0.0413. The molecule has 0 radical (unpaired) electrons. The number of rotatable bonds is 3. The van der Waals surface area contributed by atoms with Crippen LogP contribution < -0.4 is 11.1 Å². The Balaban J connectivity index is 0. The van der Waals surface area contributed by atoms with Gasteiger partial charge in [-0.2, -0.15) is 0 Å². The normalized spacial score (nSPS) is 13.8. The Morgan fingerprint density at radius 1 is 0.900 bits per heavy atom. The molecule has 3 amide bonds. The van der Waals surface area contributed by atoms with Gasteiger partial charge in [-0.15, -0.1) is 0 Å². The second kappa shape index (κ2) is 20.5. The molecule has 1 saturated heterocycles. The number of amides is 3. The van der Waals surface area contributed by atoms with E-state index in [0.29, 0.717) is 13.0 Å². The number of carbonyl (C=O) groups is 3. The number of nitrogens with zero attached hydrogens (tertiary/aromatic N) is 1. The van der Waals surface area contributed by atoms with Gasteiger partial charge >= 0.3 is 12.0 Å². The van der Waals surface area contributed by atoms with Crippen molar-refractivity contribution in [2.24, 2.45) is 11.1 Å². The monoisotopic (exact) mass is 559 g/mol. The molecule has 1 aliphatic rings. The van der Waals surface area contributed by atoms with Crippen LogP contribution in [-0.4, -0.2) is 60.3 Å². The number of methoxy groups -OCH3 is 1. The van der Waals surface area contributed by atoms with Gasteiger partial charge in [0, 0.05) is 25.6 Å². The van der Waals surface area contributed by atoms with E-state index in [2.05, 4.69) is 53.8 Å². The molecule has 1 atom stereocenters. The molecule has 1 fully saturated rings. The number of aliphatic hydroxyl groups excluding tert-OH is 1. The molecule has 4 N–H and O–H groups in total. The van der Waals surface area contributed by atoms with Crippen molar-refractivity contribution in [2.75, 3.05) is 20.8 Å². The van der Waals surface area contributed by atoms with Crippen molar-refractivity contribution in [3.8, 4) is 11.1 Å². The van der Waals surface area contributed by atoms with E-state index in [-0.39, 0.29) is 28.9 Å². The molecule has 0 unspecified atom stereocenters. The topological polar surface area (TPSA) is 122 Å². The number of esters is 1. The van der Waals surface area contributed by atoms with Gasteiger partial charge in [-0.1, -0.05) is 95.3 Å². The van der Waals surface area contributed by atoms with Gasteiger partial charge in [0.15, 0.2) is 0 Å². The molecule has 1 aliphatic heterocycles. The summed E-state index contributed by atoms with van der Waals surface area (Å²) in [7, 11) is 2.37. The lowest BCUT2D eigenvalue weighted by molar-refractivity contribution is -0.151. The molecule has 2 aromatic carbocycles. The Kier molecular flexibility index (Phi) is 19.9. The highest BCUT2D eigenvalue weighted by Crippen LogP contribution is 2.25. The quantitative estimate of drug-likeness (QED) is 0.397. The van der Waals surface area contributed by atoms with Crippen molar-refractivity contribution >= 4 is 17.9 Å². The molecule has 0 saturated carbocycles. The molecule has 0 bridgehead atoms. The first-order chi connectivity index (χ1) is 18.7. The number of hydrogen-bond donors (Lipinski definition) is 3. The van der Waals surface area contributed by atoms with Crippen LogP contribution in [0, 0.1) is 5.41 Å². The highest BCUT2D eigenvalue weighted by molar-refractivity contribution is 5.85. The van der Waals surface area contributed by atoms with Crippen molar-refractivity contribution in [3.05, 3.63) is 60.7 Å². The number of benzene rings is 2. The number of nitrogens with one attached hydrogen (secondary N) is 1. The fourth-order valence-electron chi connectivity index (χ4n) is 3.63. The van der Waals surface area contributed by atoms with Gasteiger partial charge in [-0.25, -0.2) is 9.59 Å². The van der Waals surface area contributed by atoms with Gasteiger partial charge in [0.2, 0.25) is 5.91 Å². The molecule has 0 spiro atoms. The second-order valence-corrected chi connectivity index (χ2v) is 11.0. The fourth-order valence-corrected chi connectivity index (χ4v) is 3.63. The summed E-state index contributed by atoms with van der Waals surface area (Å²) in [5.74, 6) is -0.236. The van der Waals surface area contributed by atoms with Crippen LogP contribution in [0.1, 0.15) is 74.7 Å². The number of aliphatic hydroxyl groups is 1. The minimum atomic E-state index is -0.475. The Bertz CT molecular complexity index is 915. The SMILES string of the molecule is CC.CC(C)(C)NC(N)=O.CO.COC(=O)[C@@H]1CCCN1C(=O)CC(C)(C)C.c1ccc(-c2ccccc2)cc1. The summed E-state index contributed by atoms with van der Waals surface area (Å²) < 4.78 is 4.71. The predicted octanol–water partition coefficient (Wildman–Crippen LogP) is 6.03. The molecule has 8 heteroatoms. The number of ether oxygens (including phenoxy) is 1. The van der Waals surface area contributed by atoms with E-state index in [1.165, 1.54) is 18.2 Å². The molecule has 0 aliphatic carbocycles. The van der Waals surface area contributed by atoms with Crippen LogP contribution >= 0.6 is 0 Å². The van der Waals surface area contributed by atoms with Gasteiger partial charge in [0.1, 0.15) is 6.04 Å². The number of urea groups is 1. The summed E-state index contributed by atoms with van der Waals surface area (Å²) >= 11 is 0. The Labute approximate surface area is 242 Å². The largest absolute Gasteiger partial charge is 0.467 e. The maximum Gasteiger partial charge on any atom is 0.328 e. The van der Waals surface area contributed by atoms with E-state index in [1.807, 2.05) is 67.5 Å². The average molecular weight is 560 g/mol. The summed E-state index contributed by atoms with van der Waals surface area (Å²) in [6.07, 6.45) is 2.08. The molecule has 40 heavy (non-hydrogen) atoms. The zero-order valence-corrected chi connectivity index (χ0v) is 26.3. The van der Waals surface area contributed by atoms with Crippen LogP contribution in [0.5, 0.6) is 0 Å². The minimum Gasteiger partial charge on any atom is -0.467 e. The van der Waals surface area contributed by atoms with E-state index in [1.54, 1.807) is 4.90 Å². The smallest absolute Gasteiger partial charge is 0.328 e. The number of nitrogens with two attached hydrogens (primary N) is 1. The van der Waals surface area contributed by atoms with Crippen LogP contribution in [0.25, 0.3) is 11.1 Å². The summed E-state index contributed by atoms with van der Waals surface area (Å²) in [5, 5.41) is 9.52. The molecule has 0 aromatic heterocycles. The van der Waals surface area contributed by atoms with Crippen LogP contribution in [-0.2, 0) is 14.3 Å². The highest BCUT2D eigenvalue weighted by Gasteiger charge is 2.35. The third-order valence-electron chi connectivity index (χ3n) is 5.11.